The largest absolute Gasteiger partial charge is 0.497 e. The van der Waals surface area contributed by atoms with E-state index < -0.39 is 0 Å². The van der Waals surface area contributed by atoms with Crippen molar-refractivity contribution in [3.8, 4) is 11.4 Å². The molecule has 1 aromatic carbocycles. The second kappa shape index (κ2) is 3.88. The Labute approximate surface area is 91.3 Å². The van der Waals surface area contributed by atoms with Gasteiger partial charge in [0.15, 0.2) is 0 Å². The van der Waals surface area contributed by atoms with Gasteiger partial charge >= 0.3 is 0 Å². The summed E-state index contributed by atoms with van der Waals surface area (Å²) in [6.45, 7) is 0. The first-order valence-corrected chi connectivity index (χ1v) is 5.07. The number of benzene rings is 1. The van der Waals surface area contributed by atoms with E-state index in [-0.39, 0.29) is 0 Å². The Morgan fingerprint density at radius 2 is 1.93 bits per heavy atom. The van der Waals surface area contributed by atoms with Crippen molar-refractivity contribution in [2.45, 2.75) is 0 Å². The average Bonchev–Trinajstić information content (AvgIpc) is 2.71. The number of nitrogens with zero attached hydrogens (tertiary/aromatic N) is 1. The summed E-state index contributed by atoms with van der Waals surface area (Å²) in [5, 5.41) is 0. The minimum atomic E-state index is 0.858. The first-order valence-electron chi connectivity index (χ1n) is 4.28. The molecule has 0 N–H and O–H groups in total. The van der Waals surface area contributed by atoms with Crippen molar-refractivity contribution in [1.29, 1.82) is 0 Å². The minimum Gasteiger partial charge on any atom is -0.497 e. The van der Waals surface area contributed by atoms with Gasteiger partial charge in [0, 0.05) is 22.9 Å². The lowest BCUT2D eigenvalue weighted by Crippen LogP contribution is -1.92. The van der Waals surface area contributed by atoms with Crippen LogP contribution < -0.4 is 4.74 Å². The molecule has 0 atom stereocenters. The molecule has 0 aliphatic rings. The fraction of sp³-hybridized carbons (Fsp3) is 0.0909. The second-order valence-corrected chi connectivity index (χ2v) is 3.76. The number of hydrogen-bond donors (Lipinski definition) is 0. The Morgan fingerprint density at radius 1 is 1.21 bits per heavy atom. The summed E-state index contributed by atoms with van der Waals surface area (Å²) in [7, 11) is 1.67. The smallest absolute Gasteiger partial charge is 0.121 e. The Balaban J connectivity index is 2.51. The first kappa shape index (κ1) is 9.34. The molecule has 3 heteroatoms. The SMILES string of the molecule is COc1ccc(Br)c(-n2cccc2)c1. The molecule has 0 saturated heterocycles. The van der Waals surface area contributed by atoms with Crippen LogP contribution in [0.4, 0.5) is 0 Å². The molecule has 0 aliphatic heterocycles. The van der Waals surface area contributed by atoms with Gasteiger partial charge in [-0.15, -0.1) is 0 Å². The summed E-state index contributed by atoms with van der Waals surface area (Å²) in [5.41, 5.74) is 1.08. The highest BCUT2D eigenvalue weighted by molar-refractivity contribution is 9.10. The number of hydrogen-bond acceptors (Lipinski definition) is 1. The van der Waals surface area contributed by atoms with Crippen LogP contribution in [-0.2, 0) is 0 Å². The summed E-state index contributed by atoms with van der Waals surface area (Å²) in [6.07, 6.45) is 4.00. The van der Waals surface area contributed by atoms with E-state index >= 15 is 0 Å². The van der Waals surface area contributed by atoms with Crippen LogP contribution in [0.1, 0.15) is 0 Å². The monoisotopic (exact) mass is 251 g/mol. The van der Waals surface area contributed by atoms with Crippen molar-refractivity contribution in [2.75, 3.05) is 7.11 Å². The van der Waals surface area contributed by atoms with Gasteiger partial charge in [-0.3, -0.25) is 0 Å². The molecule has 0 saturated carbocycles. The molecule has 0 aliphatic carbocycles. The highest BCUT2D eigenvalue weighted by atomic mass is 79.9. The van der Waals surface area contributed by atoms with Crippen LogP contribution in [-0.4, -0.2) is 11.7 Å². The zero-order valence-electron chi connectivity index (χ0n) is 7.77. The topological polar surface area (TPSA) is 14.2 Å². The van der Waals surface area contributed by atoms with E-state index in [9.17, 15) is 0 Å². The highest BCUT2D eigenvalue weighted by Crippen LogP contribution is 2.25. The molecule has 1 aromatic heterocycles. The van der Waals surface area contributed by atoms with Gasteiger partial charge in [0.1, 0.15) is 5.75 Å². The van der Waals surface area contributed by atoms with Gasteiger partial charge in [0.2, 0.25) is 0 Å². The maximum Gasteiger partial charge on any atom is 0.121 e. The maximum absolute atomic E-state index is 5.17. The van der Waals surface area contributed by atoms with E-state index in [1.165, 1.54) is 0 Å². The molecule has 0 bridgehead atoms. The Hall–Kier alpha value is -1.22. The number of methoxy groups -OCH3 is 1. The van der Waals surface area contributed by atoms with Crippen molar-refractivity contribution in [3.63, 3.8) is 0 Å². The first-order chi connectivity index (χ1) is 6.81. The van der Waals surface area contributed by atoms with Crippen LogP contribution in [0, 0.1) is 0 Å². The highest BCUT2D eigenvalue weighted by Gasteiger charge is 2.02. The van der Waals surface area contributed by atoms with E-state index in [0.717, 1.165) is 15.9 Å². The Kier molecular flexibility index (Phi) is 2.59. The van der Waals surface area contributed by atoms with E-state index in [1.54, 1.807) is 7.11 Å². The van der Waals surface area contributed by atoms with Crippen molar-refractivity contribution >= 4 is 15.9 Å². The minimum absolute atomic E-state index is 0.858. The standard InChI is InChI=1S/C11H10BrNO/c1-14-9-4-5-10(12)11(8-9)13-6-2-3-7-13/h2-8H,1H3. The number of halogens is 1. The molecule has 2 rings (SSSR count). The summed E-state index contributed by atoms with van der Waals surface area (Å²) in [4.78, 5) is 0. The molecule has 0 amide bonds. The Bertz CT molecular complexity index is 423. The van der Waals surface area contributed by atoms with Gasteiger partial charge in [-0.25, -0.2) is 0 Å². The maximum atomic E-state index is 5.17. The van der Waals surface area contributed by atoms with Gasteiger partial charge in [0.05, 0.1) is 12.8 Å². The molecule has 14 heavy (non-hydrogen) atoms. The molecule has 0 fully saturated rings. The molecular formula is C11H10BrNO. The average molecular weight is 252 g/mol. The van der Waals surface area contributed by atoms with Gasteiger partial charge < -0.3 is 9.30 Å². The lowest BCUT2D eigenvalue weighted by Gasteiger charge is -2.07. The van der Waals surface area contributed by atoms with Crippen molar-refractivity contribution in [3.05, 3.63) is 47.2 Å². The molecule has 2 aromatic rings. The van der Waals surface area contributed by atoms with Crippen LogP contribution >= 0.6 is 15.9 Å². The third-order valence-corrected chi connectivity index (χ3v) is 2.71. The van der Waals surface area contributed by atoms with Gasteiger partial charge in [-0.1, -0.05) is 0 Å². The molecular weight excluding hydrogens is 242 g/mol. The normalized spacial score (nSPS) is 10.1. The number of rotatable bonds is 2. The van der Waals surface area contributed by atoms with Crippen LogP contribution in [0.2, 0.25) is 0 Å². The molecule has 0 spiro atoms. The molecule has 2 nitrogen and oxygen atoms in total. The summed E-state index contributed by atoms with van der Waals surface area (Å²) < 4.78 is 8.26. The Morgan fingerprint density at radius 3 is 2.57 bits per heavy atom. The van der Waals surface area contributed by atoms with Crippen molar-refractivity contribution < 1.29 is 4.74 Å². The van der Waals surface area contributed by atoms with Crippen LogP contribution in [0.3, 0.4) is 0 Å². The zero-order valence-corrected chi connectivity index (χ0v) is 9.36. The molecule has 72 valence electrons. The summed E-state index contributed by atoms with van der Waals surface area (Å²) in [6, 6.07) is 9.88. The van der Waals surface area contributed by atoms with Gasteiger partial charge in [-0.05, 0) is 40.2 Å². The molecule has 0 radical (unpaired) electrons. The number of ether oxygens (including phenoxy) is 1. The van der Waals surface area contributed by atoms with E-state index in [2.05, 4.69) is 15.9 Å². The van der Waals surface area contributed by atoms with E-state index in [1.807, 2.05) is 47.3 Å². The lowest BCUT2D eigenvalue weighted by atomic mass is 10.3. The quantitative estimate of drug-likeness (QED) is 0.800. The fourth-order valence-corrected chi connectivity index (χ4v) is 1.76. The van der Waals surface area contributed by atoms with Gasteiger partial charge in [-0.2, -0.15) is 0 Å². The number of aromatic nitrogens is 1. The third kappa shape index (κ3) is 1.68. The predicted octanol–water partition coefficient (Wildman–Crippen LogP) is 3.25. The van der Waals surface area contributed by atoms with Crippen molar-refractivity contribution in [2.24, 2.45) is 0 Å². The van der Waals surface area contributed by atoms with E-state index in [4.69, 9.17) is 4.74 Å². The zero-order chi connectivity index (χ0) is 9.97. The summed E-state index contributed by atoms with van der Waals surface area (Å²) in [5.74, 6) is 0.858. The lowest BCUT2D eigenvalue weighted by molar-refractivity contribution is 0.414. The van der Waals surface area contributed by atoms with Crippen molar-refractivity contribution in [1.82, 2.24) is 4.57 Å². The van der Waals surface area contributed by atoms with Gasteiger partial charge in [0.25, 0.3) is 0 Å². The summed E-state index contributed by atoms with van der Waals surface area (Å²) >= 11 is 3.50. The molecule has 1 heterocycles. The third-order valence-electron chi connectivity index (χ3n) is 2.04. The predicted molar refractivity (Wildman–Crippen MR) is 60.0 cm³/mol. The molecule has 0 unspecified atom stereocenters. The van der Waals surface area contributed by atoms with E-state index in [0.29, 0.717) is 0 Å². The van der Waals surface area contributed by atoms with Crippen LogP contribution in [0.15, 0.2) is 47.2 Å². The van der Waals surface area contributed by atoms with Crippen LogP contribution in [0.5, 0.6) is 5.75 Å². The second-order valence-electron chi connectivity index (χ2n) is 2.91. The van der Waals surface area contributed by atoms with Crippen LogP contribution in [0.25, 0.3) is 5.69 Å². The fourth-order valence-electron chi connectivity index (χ4n) is 1.31.